The van der Waals surface area contributed by atoms with E-state index in [2.05, 4.69) is 21.9 Å². The summed E-state index contributed by atoms with van der Waals surface area (Å²) in [6.07, 6.45) is 8.97. The minimum Gasteiger partial charge on any atom is -0.281 e. The first-order valence-corrected chi connectivity index (χ1v) is 8.01. The first kappa shape index (κ1) is 15.8. The van der Waals surface area contributed by atoms with Crippen LogP contribution >= 0.6 is 11.8 Å². The van der Waals surface area contributed by atoms with Gasteiger partial charge in [0.2, 0.25) is 0 Å². The number of hydrogen-bond donors (Lipinski definition) is 0. The van der Waals surface area contributed by atoms with E-state index in [0.717, 1.165) is 29.7 Å². The van der Waals surface area contributed by atoms with Crippen LogP contribution in [-0.4, -0.2) is 27.0 Å². The molecular formula is C17H18ClFN4. The molecule has 2 atom stereocenters. The van der Waals surface area contributed by atoms with Crippen LogP contribution in [0, 0.1) is 11.8 Å². The van der Waals surface area contributed by atoms with Crippen molar-refractivity contribution in [3.8, 4) is 11.8 Å². The van der Waals surface area contributed by atoms with Gasteiger partial charge in [-0.2, -0.15) is 5.10 Å². The van der Waals surface area contributed by atoms with E-state index in [0.29, 0.717) is 12.8 Å². The Labute approximate surface area is 140 Å². The third-order valence-corrected chi connectivity index (χ3v) is 4.44. The first-order chi connectivity index (χ1) is 11.1. The summed E-state index contributed by atoms with van der Waals surface area (Å²) in [6.45, 7) is 0. The van der Waals surface area contributed by atoms with Gasteiger partial charge in [-0.15, -0.1) is 0 Å². The number of halogens is 2. The topological polar surface area (TPSA) is 34.0 Å². The summed E-state index contributed by atoms with van der Waals surface area (Å²) in [4.78, 5) is 4.12. The maximum Gasteiger partial charge on any atom is 0.102 e. The average Bonchev–Trinajstić information content (AvgIpc) is 2.98. The second-order valence-electron chi connectivity index (χ2n) is 5.77. The highest BCUT2D eigenvalue weighted by molar-refractivity contribution is 6.26. The van der Waals surface area contributed by atoms with Gasteiger partial charge in [0.05, 0.1) is 23.0 Å². The molecule has 1 aliphatic carbocycles. The lowest BCUT2D eigenvalue weighted by Gasteiger charge is -2.32. The Hall–Kier alpha value is -2.06. The van der Waals surface area contributed by atoms with E-state index in [1.165, 1.54) is 0 Å². The maximum atomic E-state index is 13.6. The maximum absolute atomic E-state index is 13.6. The largest absolute Gasteiger partial charge is 0.281 e. The third-order valence-electron chi connectivity index (χ3n) is 3.98. The fraction of sp³-hybridized carbons (Fsp3) is 0.412. The van der Waals surface area contributed by atoms with Crippen LogP contribution in [0.25, 0.3) is 0 Å². The number of anilines is 1. The fourth-order valence-electron chi connectivity index (χ4n) is 2.80. The summed E-state index contributed by atoms with van der Waals surface area (Å²) in [5, 5.41) is 4.09. The predicted octanol–water partition coefficient (Wildman–Crippen LogP) is 3.46. The molecule has 2 aromatic rings. The van der Waals surface area contributed by atoms with Crippen molar-refractivity contribution in [1.29, 1.82) is 0 Å². The Balaban J connectivity index is 1.84. The number of hydrogen-bond acceptors (Lipinski definition) is 3. The van der Waals surface area contributed by atoms with Gasteiger partial charge in [0.25, 0.3) is 0 Å². The molecule has 120 valence electrons. The Morgan fingerprint density at radius 1 is 1.35 bits per heavy atom. The van der Waals surface area contributed by atoms with Crippen molar-refractivity contribution < 1.29 is 4.39 Å². The van der Waals surface area contributed by atoms with Crippen molar-refractivity contribution in [2.45, 2.75) is 37.9 Å². The van der Waals surface area contributed by atoms with Crippen molar-refractivity contribution in [1.82, 2.24) is 14.8 Å². The molecule has 2 aromatic heterocycles. The first-order valence-electron chi connectivity index (χ1n) is 7.67. The van der Waals surface area contributed by atoms with E-state index in [1.807, 2.05) is 19.3 Å². The number of aromatic nitrogens is 3. The van der Waals surface area contributed by atoms with Gasteiger partial charge < -0.3 is 0 Å². The van der Waals surface area contributed by atoms with Crippen LogP contribution in [0.4, 0.5) is 10.1 Å². The Bertz CT molecular complexity index is 733. The average molecular weight is 333 g/mol. The summed E-state index contributed by atoms with van der Waals surface area (Å²) in [7, 11) is 1.84. The van der Waals surface area contributed by atoms with Crippen LogP contribution in [0.2, 0.25) is 0 Å². The normalized spacial score (nSPS) is 20.7. The van der Waals surface area contributed by atoms with E-state index < -0.39 is 6.17 Å². The predicted molar refractivity (Wildman–Crippen MR) is 88.9 cm³/mol. The molecule has 1 saturated carbocycles. The number of nitrogens with zero attached hydrogens (tertiary/aromatic N) is 4. The molecule has 0 aliphatic heterocycles. The molecule has 0 saturated heterocycles. The monoisotopic (exact) mass is 332 g/mol. The van der Waals surface area contributed by atoms with Crippen LogP contribution < -0.4 is 4.42 Å². The smallest absolute Gasteiger partial charge is 0.102 e. The van der Waals surface area contributed by atoms with Crippen molar-refractivity contribution in [2.75, 3.05) is 4.42 Å². The second kappa shape index (κ2) is 7.01. The Kier molecular flexibility index (Phi) is 4.82. The molecule has 1 aliphatic rings. The number of aryl methyl sites for hydroxylation is 1. The minimum atomic E-state index is -0.776. The molecule has 3 rings (SSSR count). The number of alkyl halides is 1. The summed E-state index contributed by atoms with van der Waals surface area (Å²) in [5.74, 6) is 6.14. The molecule has 2 unspecified atom stereocenters. The van der Waals surface area contributed by atoms with Gasteiger partial charge in [0, 0.05) is 49.9 Å². The second-order valence-corrected chi connectivity index (χ2v) is 6.14. The Morgan fingerprint density at radius 3 is 2.96 bits per heavy atom. The van der Waals surface area contributed by atoms with E-state index in [9.17, 15) is 4.39 Å². The number of rotatable bonds is 2. The summed E-state index contributed by atoms with van der Waals surface area (Å²) < 4.78 is 17.0. The molecule has 4 nitrogen and oxygen atoms in total. The lowest BCUT2D eigenvalue weighted by Crippen LogP contribution is -2.33. The van der Waals surface area contributed by atoms with Gasteiger partial charge in [-0.3, -0.25) is 14.1 Å². The lowest BCUT2D eigenvalue weighted by atomic mass is 9.93. The van der Waals surface area contributed by atoms with Gasteiger partial charge in [0.1, 0.15) is 6.17 Å². The van der Waals surface area contributed by atoms with E-state index in [-0.39, 0.29) is 6.04 Å². The van der Waals surface area contributed by atoms with Crippen LogP contribution in [0.15, 0.2) is 30.9 Å². The van der Waals surface area contributed by atoms with E-state index >= 15 is 0 Å². The zero-order valence-electron chi connectivity index (χ0n) is 12.9. The van der Waals surface area contributed by atoms with Gasteiger partial charge in [-0.1, -0.05) is 11.8 Å². The molecule has 0 radical (unpaired) electrons. The van der Waals surface area contributed by atoms with Gasteiger partial charge in [-0.25, -0.2) is 4.39 Å². The highest BCUT2D eigenvalue weighted by Crippen LogP contribution is 2.31. The van der Waals surface area contributed by atoms with Crippen LogP contribution in [0.1, 0.15) is 36.8 Å². The van der Waals surface area contributed by atoms with Gasteiger partial charge in [0.15, 0.2) is 0 Å². The summed E-state index contributed by atoms with van der Waals surface area (Å²) >= 11 is 6.50. The van der Waals surface area contributed by atoms with E-state index in [1.54, 1.807) is 27.7 Å². The molecule has 6 heteroatoms. The summed E-state index contributed by atoms with van der Waals surface area (Å²) in [6, 6.07) is 1.81. The van der Waals surface area contributed by atoms with Crippen LogP contribution in [0.5, 0.6) is 0 Å². The number of pyridine rings is 1. The molecule has 1 fully saturated rings. The highest BCUT2D eigenvalue weighted by atomic mass is 35.5. The molecule has 0 N–H and O–H groups in total. The molecule has 0 amide bonds. The van der Waals surface area contributed by atoms with Crippen molar-refractivity contribution in [3.63, 3.8) is 0 Å². The van der Waals surface area contributed by atoms with Gasteiger partial charge >= 0.3 is 0 Å². The minimum absolute atomic E-state index is 0.0123. The molecule has 23 heavy (non-hydrogen) atoms. The molecule has 2 heterocycles. The van der Waals surface area contributed by atoms with Crippen molar-refractivity contribution >= 4 is 17.5 Å². The van der Waals surface area contributed by atoms with E-state index in [4.69, 9.17) is 11.8 Å². The molecule has 0 spiro atoms. The van der Waals surface area contributed by atoms with Crippen molar-refractivity contribution in [2.24, 2.45) is 7.05 Å². The third kappa shape index (κ3) is 3.83. The summed E-state index contributed by atoms with van der Waals surface area (Å²) in [5.41, 5.74) is 2.33. The SMILES string of the molecule is Cn1cc(C#Cc2cnccc2N(Cl)C2CCCC(F)C2)cn1. The van der Waals surface area contributed by atoms with Gasteiger partial charge in [-0.05, 0) is 25.3 Å². The standard InChI is InChI=1S/C17H18ClFN4/c1-22-12-13(10-21-22)5-6-14-11-20-8-7-17(14)23(18)16-4-2-3-15(19)9-16/h7-8,10-12,15-16H,2-4,9H2,1H3. The quantitative estimate of drug-likeness (QED) is 0.624. The van der Waals surface area contributed by atoms with Crippen LogP contribution in [-0.2, 0) is 7.05 Å². The zero-order chi connectivity index (χ0) is 16.2. The van der Waals surface area contributed by atoms with Crippen molar-refractivity contribution in [3.05, 3.63) is 42.0 Å². The zero-order valence-corrected chi connectivity index (χ0v) is 13.7. The lowest BCUT2D eigenvalue weighted by molar-refractivity contribution is 0.234. The Morgan fingerprint density at radius 2 is 2.22 bits per heavy atom. The molecular weight excluding hydrogens is 315 g/mol. The fourth-order valence-corrected chi connectivity index (χ4v) is 3.13. The highest BCUT2D eigenvalue weighted by Gasteiger charge is 2.27. The molecule has 0 bridgehead atoms. The molecule has 0 aromatic carbocycles. The van der Waals surface area contributed by atoms with Crippen LogP contribution in [0.3, 0.4) is 0 Å².